The highest BCUT2D eigenvalue weighted by Gasteiger charge is 1.87. The first-order valence-corrected chi connectivity index (χ1v) is 4.92. The Labute approximate surface area is 95.5 Å². The van der Waals surface area contributed by atoms with Crippen molar-refractivity contribution < 1.29 is 19.8 Å². The van der Waals surface area contributed by atoms with Gasteiger partial charge in [0.05, 0.1) is 0 Å². The maximum atomic E-state index is 9.60. The van der Waals surface area contributed by atoms with E-state index in [1.165, 1.54) is 0 Å². The van der Waals surface area contributed by atoms with Gasteiger partial charge in [0.2, 0.25) is 0 Å². The van der Waals surface area contributed by atoms with Crippen LogP contribution in [-0.2, 0) is 9.59 Å². The maximum Gasteiger partial charge on any atom is 0.303 e. The first-order valence-electron chi connectivity index (χ1n) is 4.92. The van der Waals surface area contributed by atoms with Gasteiger partial charge < -0.3 is 10.2 Å². The fourth-order valence-electron chi connectivity index (χ4n) is 0.599. The monoisotopic (exact) mass is 226 g/mol. The lowest BCUT2D eigenvalue weighted by molar-refractivity contribution is -0.137. The Morgan fingerprint density at radius 2 is 1.19 bits per heavy atom. The molecule has 1 rings (SSSR count). The van der Waals surface area contributed by atoms with E-state index in [0.717, 1.165) is 13.3 Å². The van der Waals surface area contributed by atoms with Crippen LogP contribution in [0, 0.1) is 0 Å². The molecular weight excluding hydrogens is 208 g/mol. The molecule has 0 saturated carbocycles. The molecular formula is C12H18O4. The minimum Gasteiger partial charge on any atom is -0.481 e. The lowest BCUT2D eigenvalue weighted by atomic mass is 10.4. The topological polar surface area (TPSA) is 74.6 Å². The highest BCUT2D eigenvalue weighted by molar-refractivity contribution is 5.66. The van der Waals surface area contributed by atoms with Crippen molar-refractivity contribution in [3.8, 4) is 0 Å². The summed E-state index contributed by atoms with van der Waals surface area (Å²) in [7, 11) is 0. The van der Waals surface area contributed by atoms with Crippen molar-refractivity contribution in [3.63, 3.8) is 0 Å². The summed E-state index contributed by atoms with van der Waals surface area (Å²) < 4.78 is 0. The third-order valence-corrected chi connectivity index (χ3v) is 1.13. The Balaban J connectivity index is 0. The van der Waals surface area contributed by atoms with Gasteiger partial charge in [0.25, 0.3) is 5.97 Å². The lowest BCUT2D eigenvalue weighted by Crippen LogP contribution is -1.90. The molecule has 0 heterocycles. The Morgan fingerprint density at radius 1 is 0.938 bits per heavy atom. The first kappa shape index (κ1) is 16.6. The molecule has 0 aromatic heterocycles. The summed E-state index contributed by atoms with van der Waals surface area (Å²) in [5.74, 6) is -1.54. The number of carboxylic acid groups (broad SMARTS) is 2. The second-order valence-corrected chi connectivity index (χ2v) is 2.82. The zero-order chi connectivity index (χ0) is 12.8. The predicted molar refractivity (Wildman–Crippen MR) is 62.3 cm³/mol. The van der Waals surface area contributed by atoms with Gasteiger partial charge in [-0.2, -0.15) is 0 Å². The molecule has 0 amide bonds. The zero-order valence-electron chi connectivity index (χ0n) is 9.59. The van der Waals surface area contributed by atoms with Crippen LogP contribution in [0.15, 0.2) is 36.4 Å². The molecule has 4 nitrogen and oxygen atoms in total. The Kier molecular flexibility index (Phi) is 13.6. The molecule has 4 heteroatoms. The molecule has 0 unspecified atom stereocenters. The first-order chi connectivity index (χ1) is 7.50. The minimum absolute atomic E-state index is 0.292. The van der Waals surface area contributed by atoms with Crippen LogP contribution in [0.3, 0.4) is 0 Å². The Bertz CT molecular complexity index is 239. The van der Waals surface area contributed by atoms with E-state index >= 15 is 0 Å². The van der Waals surface area contributed by atoms with Crippen molar-refractivity contribution in [2.45, 2.75) is 26.7 Å². The Hall–Kier alpha value is -1.84. The molecule has 1 aromatic carbocycles. The van der Waals surface area contributed by atoms with Gasteiger partial charge in [-0.3, -0.25) is 9.59 Å². The van der Waals surface area contributed by atoms with Crippen molar-refractivity contribution in [1.29, 1.82) is 0 Å². The van der Waals surface area contributed by atoms with Gasteiger partial charge in [-0.1, -0.05) is 43.3 Å². The third kappa shape index (κ3) is 29.5. The standard InChI is InChI=1S/C6H6.C4H8O2.C2H4O2/c1-2-4-6-5-3-1;1-2-3-4(5)6;1-2(3)4/h1-6H;2-3H2,1H3,(H,5,6);1H3,(H,3,4). The number of hydrogen-bond donors (Lipinski definition) is 2. The summed E-state index contributed by atoms with van der Waals surface area (Å²) in [6.07, 6.45) is 1.02. The lowest BCUT2D eigenvalue weighted by Gasteiger charge is -1.79. The molecule has 0 aliphatic rings. The second-order valence-electron chi connectivity index (χ2n) is 2.82. The molecule has 16 heavy (non-hydrogen) atoms. The van der Waals surface area contributed by atoms with Gasteiger partial charge in [0, 0.05) is 13.3 Å². The van der Waals surface area contributed by atoms with E-state index in [4.69, 9.17) is 15.0 Å². The van der Waals surface area contributed by atoms with Crippen LogP contribution in [-0.4, -0.2) is 22.2 Å². The van der Waals surface area contributed by atoms with Crippen LogP contribution < -0.4 is 0 Å². The van der Waals surface area contributed by atoms with E-state index in [-0.39, 0.29) is 0 Å². The van der Waals surface area contributed by atoms with Crippen molar-refractivity contribution in [2.24, 2.45) is 0 Å². The van der Waals surface area contributed by atoms with Crippen LogP contribution in [0.1, 0.15) is 26.7 Å². The van der Waals surface area contributed by atoms with Crippen LogP contribution in [0.4, 0.5) is 0 Å². The highest BCUT2D eigenvalue weighted by atomic mass is 16.4. The molecule has 90 valence electrons. The van der Waals surface area contributed by atoms with Crippen molar-refractivity contribution in [1.82, 2.24) is 0 Å². The van der Waals surface area contributed by atoms with Crippen LogP contribution in [0.25, 0.3) is 0 Å². The maximum absolute atomic E-state index is 9.60. The third-order valence-electron chi connectivity index (χ3n) is 1.13. The fourth-order valence-corrected chi connectivity index (χ4v) is 0.599. The van der Waals surface area contributed by atoms with E-state index in [1.807, 2.05) is 43.3 Å². The van der Waals surface area contributed by atoms with Gasteiger partial charge in [-0.15, -0.1) is 0 Å². The average Bonchev–Trinajstić information content (AvgIpc) is 2.20. The second kappa shape index (κ2) is 13.2. The van der Waals surface area contributed by atoms with Gasteiger partial charge >= 0.3 is 5.97 Å². The molecule has 0 fully saturated rings. The van der Waals surface area contributed by atoms with E-state index in [0.29, 0.717) is 6.42 Å². The molecule has 0 aliphatic carbocycles. The minimum atomic E-state index is -0.833. The summed E-state index contributed by atoms with van der Waals surface area (Å²) >= 11 is 0. The molecule has 0 radical (unpaired) electrons. The molecule has 0 saturated heterocycles. The molecule has 0 atom stereocenters. The SMILES string of the molecule is CC(=O)O.CCCC(=O)O.c1ccccc1. The number of benzene rings is 1. The largest absolute Gasteiger partial charge is 0.481 e. The fraction of sp³-hybridized carbons (Fsp3) is 0.333. The zero-order valence-corrected chi connectivity index (χ0v) is 9.59. The smallest absolute Gasteiger partial charge is 0.303 e. The van der Waals surface area contributed by atoms with Crippen molar-refractivity contribution in [2.75, 3.05) is 0 Å². The number of rotatable bonds is 2. The van der Waals surface area contributed by atoms with E-state index in [2.05, 4.69) is 0 Å². The normalized spacial score (nSPS) is 7.62. The summed E-state index contributed by atoms with van der Waals surface area (Å²) in [5.41, 5.74) is 0. The van der Waals surface area contributed by atoms with Crippen LogP contribution in [0.5, 0.6) is 0 Å². The summed E-state index contributed by atoms with van der Waals surface area (Å²) in [4.78, 5) is 18.6. The van der Waals surface area contributed by atoms with Crippen molar-refractivity contribution >= 4 is 11.9 Å². The van der Waals surface area contributed by atoms with Crippen molar-refractivity contribution in [3.05, 3.63) is 36.4 Å². The predicted octanol–water partition coefficient (Wildman–Crippen LogP) is 2.65. The Morgan fingerprint density at radius 3 is 1.25 bits per heavy atom. The molecule has 1 aromatic rings. The van der Waals surface area contributed by atoms with E-state index in [1.54, 1.807) is 0 Å². The highest BCUT2D eigenvalue weighted by Crippen LogP contribution is 1.82. The van der Waals surface area contributed by atoms with Gasteiger partial charge in [-0.05, 0) is 6.42 Å². The summed E-state index contributed by atoms with van der Waals surface area (Å²) in [6, 6.07) is 12.0. The summed E-state index contributed by atoms with van der Waals surface area (Å²) in [5, 5.41) is 15.3. The number of hydrogen-bond acceptors (Lipinski definition) is 2. The number of carboxylic acids is 2. The number of aliphatic carboxylic acids is 2. The number of carbonyl (C=O) groups is 2. The van der Waals surface area contributed by atoms with Gasteiger partial charge in [0.1, 0.15) is 0 Å². The van der Waals surface area contributed by atoms with Gasteiger partial charge in [0.15, 0.2) is 0 Å². The molecule has 0 bridgehead atoms. The van der Waals surface area contributed by atoms with E-state index in [9.17, 15) is 4.79 Å². The molecule has 0 aliphatic heterocycles. The molecule has 2 N–H and O–H groups in total. The summed E-state index contributed by atoms with van der Waals surface area (Å²) in [6.45, 7) is 2.92. The van der Waals surface area contributed by atoms with Crippen LogP contribution >= 0.6 is 0 Å². The van der Waals surface area contributed by atoms with E-state index < -0.39 is 11.9 Å². The van der Waals surface area contributed by atoms with Crippen LogP contribution in [0.2, 0.25) is 0 Å². The van der Waals surface area contributed by atoms with Gasteiger partial charge in [-0.25, -0.2) is 0 Å². The quantitative estimate of drug-likeness (QED) is 0.812. The molecule has 0 spiro atoms. The average molecular weight is 226 g/mol.